The number of rotatable bonds is 5. The summed E-state index contributed by atoms with van der Waals surface area (Å²) in [5.41, 5.74) is 10.8. The third-order valence-electron chi connectivity index (χ3n) is 4.46. The molecule has 4 heteroatoms. The largest absolute Gasteiger partial charge is 0.398 e. The average Bonchev–Trinajstić information content (AvgIpc) is 2.44. The van der Waals surface area contributed by atoms with E-state index in [1.165, 1.54) is 38.5 Å². The van der Waals surface area contributed by atoms with Crippen molar-refractivity contribution in [2.45, 2.75) is 51.5 Å². The van der Waals surface area contributed by atoms with Gasteiger partial charge in [-0.05, 0) is 30.7 Å². The highest BCUT2D eigenvalue weighted by molar-refractivity contribution is 5.46. The van der Waals surface area contributed by atoms with Crippen molar-refractivity contribution in [1.29, 1.82) is 0 Å². The molecule has 5 N–H and O–H groups in total. The van der Waals surface area contributed by atoms with Crippen LogP contribution in [0.4, 0.5) is 5.69 Å². The summed E-state index contributed by atoms with van der Waals surface area (Å²) in [6, 6.07) is 1.99. The lowest BCUT2D eigenvalue weighted by molar-refractivity contribution is 0.215. The summed E-state index contributed by atoms with van der Waals surface area (Å²) in [6.07, 6.45) is 11.3. The van der Waals surface area contributed by atoms with Crippen LogP contribution in [0, 0.1) is 11.8 Å². The van der Waals surface area contributed by atoms with Crippen LogP contribution in [0.1, 0.15) is 57.1 Å². The summed E-state index contributed by atoms with van der Waals surface area (Å²) in [4.78, 5) is 4.18. The SMILES string of the molecule is CCCC1CCC(C(NN)c2cnccc2N)CC1. The molecular weight excluding hydrogens is 236 g/mol. The fourth-order valence-corrected chi connectivity index (χ4v) is 3.38. The Bertz CT molecular complexity index is 385. The molecule has 1 aliphatic carbocycles. The zero-order chi connectivity index (χ0) is 13.7. The molecule has 0 saturated heterocycles. The number of nitrogens with two attached hydrogens (primary N) is 2. The fraction of sp³-hybridized carbons (Fsp3) is 0.667. The van der Waals surface area contributed by atoms with E-state index < -0.39 is 0 Å². The lowest BCUT2D eigenvalue weighted by Gasteiger charge is -2.34. The van der Waals surface area contributed by atoms with Crippen molar-refractivity contribution in [3.05, 3.63) is 24.0 Å². The highest BCUT2D eigenvalue weighted by Crippen LogP contribution is 2.39. The highest BCUT2D eigenvalue weighted by atomic mass is 15.2. The molecule has 1 unspecified atom stereocenters. The number of nitrogen functional groups attached to an aromatic ring is 1. The van der Waals surface area contributed by atoms with Crippen molar-refractivity contribution >= 4 is 5.69 Å². The minimum atomic E-state index is 0.135. The van der Waals surface area contributed by atoms with E-state index >= 15 is 0 Å². The fourth-order valence-electron chi connectivity index (χ4n) is 3.38. The Balaban J connectivity index is 2.02. The van der Waals surface area contributed by atoms with Gasteiger partial charge < -0.3 is 5.73 Å². The molecule has 1 aromatic rings. The van der Waals surface area contributed by atoms with E-state index in [9.17, 15) is 0 Å². The summed E-state index contributed by atoms with van der Waals surface area (Å²) < 4.78 is 0. The van der Waals surface area contributed by atoms with Crippen molar-refractivity contribution in [2.24, 2.45) is 17.7 Å². The third-order valence-corrected chi connectivity index (χ3v) is 4.46. The Morgan fingerprint density at radius 1 is 1.37 bits per heavy atom. The van der Waals surface area contributed by atoms with Crippen LogP contribution in [0.15, 0.2) is 18.5 Å². The van der Waals surface area contributed by atoms with Gasteiger partial charge >= 0.3 is 0 Å². The first-order valence-electron chi connectivity index (χ1n) is 7.41. The van der Waals surface area contributed by atoms with Gasteiger partial charge in [-0.15, -0.1) is 0 Å². The molecule has 0 spiro atoms. The van der Waals surface area contributed by atoms with Crippen molar-refractivity contribution in [2.75, 3.05) is 5.73 Å². The maximum atomic E-state index is 6.04. The van der Waals surface area contributed by atoms with Gasteiger partial charge in [-0.2, -0.15) is 0 Å². The molecule has 1 aromatic heterocycles. The van der Waals surface area contributed by atoms with Crippen molar-refractivity contribution in [1.82, 2.24) is 10.4 Å². The number of aromatic nitrogens is 1. The number of nitrogens with one attached hydrogen (secondary N) is 1. The zero-order valence-corrected chi connectivity index (χ0v) is 11.8. The van der Waals surface area contributed by atoms with Gasteiger partial charge in [0.2, 0.25) is 0 Å². The molecule has 1 heterocycles. The van der Waals surface area contributed by atoms with Crippen molar-refractivity contribution in [3.63, 3.8) is 0 Å². The topological polar surface area (TPSA) is 77.0 Å². The predicted molar refractivity (Wildman–Crippen MR) is 79.1 cm³/mol. The molecule has 0 radical (unpaired) electrons. The molecule has 106 valence electrons. The van der Waals surface area contributed by atoms with Gasteiger partial charge in [0.05, 0.1) is 6.04 Å². The van der Waals surface area contributed by atoms with E-state index in [1.807, 2.05) is 12.3 Å². The molecular formula is C15H26N4. The summed E-state index contributed by atoms with van der Waals surface area (Å²) in [6.45, 7) is 2.27. The second-order valence-corrected chi connectivity index (χ2v) is 5.72. The molecule has 0 aromatic carbocycles. The number of pyridine rings is 1. The number of hydrogen-bond donors (Lipinski definition) is 3. The molecule has 4 nitrogen and oxygen atoms in total. The van der Waals surface area contributed by atoms with Crippen LogP contribution in [-0.4, -0.2) is 4.98 Å². The smallest absolute Gasteiger partial charge is 0.0523 e. The summed E-state index contributed by atoms with van der Waals surface area (Å²) >= 11 is 0. The van der Waals surface area contributed by atoms with Crippen LogP contribution in [0.25, 0.3) is 0 Å². The maximum Gasteiger partial charge on any atom is 0.0523 e. The molecule has 2 rings (SSSR count). The van der Waals surface area contributed by atoms with Crippen LogP contribution in [0.5, 0.6) is 0 Å². The van der Waals surface area contributed by atoms with Crippen LogP contribution in [-0.2, 0) is 0 Å². The molecule has 0 amide bonds. The average molecular weight is 262 g/mol. The normalized spacial score (nSPS) is 25.2. The Morgan fingerprint density at radius 3 is 2.68 bits per heavy atom. The Kier molecular flexibility index (Phi) is 5.16. The van der Waals surface area contributed by atoms with Gasteiger partial charge in [0.15, 0.2) is 0 Å². The quantitative estimate of drug-likeness (QED) is 0.563. The predicted octanol–water partition coefficient (Wildman–Crippen LogP) is 2.77. The number of anilines is 1. The van der Waals surface area contributed by atoms with Gasteiger partial charge in [-0.25, -0.2) is 0 Å². The molecule has 1 aliphatic rings. The highest BCUT2D eigenvalue weighted by Gasteiger charge is 2.28. The first-order valence-corrected chi connectivity index (χ1v) is 7.41. The molecule has 19 heavy (non-hydrogen) atoms. The van der Waals surface area contributed by atoms with Gasteiger partial charge in [0, 0.05) is 23.6 Å². The minimum absolute atomic E-state index is 0.135. The Labute approximate surface area is 115 Å². The maximum absolute atomic E-state index is 6.04. The van der Waals surface area contributed by atoms with Gasteiger partial charge in [0.1, 0.15) is 0 Å². The summed E-state index contributed by atoms with van der Waals surface area (Å²) in [7, 11) is 0. The van der Waals surface area contributed by atoms with Gasteiger partial charge in [-0.3, -0.25) is 16.3 Å². The zero-order valence-electron chi connectivity index (χ0n) is 11.8. The number of nitrogens with zero attached hydrogens (tertiary/aromatic N) is 1. The van der Waals surface area contributed by atoms with E-state index in [4.69, 9.17) is 11.6 Å². The van der Waals surface area contributed by atoms with E-state index in [1.54, 1.807) is 6.20 Å². The monoisotopic (exact) mass is 262 g/mol. The standard InChI is InChI=1S/C15H26N4/c1-2-3-11-4-6-12(7-5-11)15(19-17)13-10-18-9-8-14(13)16/h8-12,15,19H,2-7,17H2,1H3,(H2,16,18). The lowest BCUT2D eigenvalue weighted by Crippen LogP contribution is -2.36. The van der Waals surface area contributed by atoms with Crippen LogP contribution >= 0.6 is 0 Å². The molecule has 1 fully saturated rings. The van der Waals surface area contributed by atoms with Crippen LogP contribution in [0.2, 0.25) is 0 Å². The molecule has 0 aliphatic heterocycles. The summed E-state index contributed by atoms with van der Waals surface area (Å²) in [5, 5.41) is 0. The Hall–Kier alpha value is -1.13. The van der Waals surface area contributed by atoms with Crippen LogP contribution in [0.3, 0.4) is 0 Å². The molecule has 1 saturated carbocycles. The van der Waals surface area contributed by atoms with Gasteiger partial charge in [0.25, 0.3) is 0 Å². The van der Waals surface area contributed by atoms with Crippen molar-refractivity contribution < 1.29 is 0 Å². The van der Waals surface area contributed by atoms with Crippen LogP contribution < -0.4 is 17.0 Å². The van der Waals surface area contributed by atoms with E-state index in [2.05, 4.69) is 17.3 Å². The van der Waals surface area contributed by atoms with E-state index in [0.717, 1.165) is 17.2 Å². The molecule has 0 bridgehead atoms. The van der Waals surface area contributed by atoms with Crippen molar-refractivity contribution in [3.8, 4) is 0 Å². The van der Waals surface area contributed by atoms with E-state index in [0.29, 0.717) is 5.92 Å². The van der Waals surface area contributed by atoms with Gasteiger partial charge in [-0.1, -0.05) is 32.6 Å². The first kappa shape index (κ1) is 14.3. The number of hydrogen-bond acceptors (Lipinski definition) is 4. The third kappa shape index (κ3) is 3.45. The second-order valence-electron chi connectivity index (χ2n) is 5.72. The molecule has 1 atom stereocenters. The first-order chi connectivity index (χ1) is 9.26. The summed E-state index contributed by atoms with van der Waals surface area (Å²) in [5.74, 6) is 7.25. The minimum Gasteiger partial charge on any atom is -0.398 e. The Morgan fingerprint density at radius 2 is 2.11 bits per heavy atom. The second kappa shape index (κ2) is 6.87. The van der Waals surface area contributed by atoms with E-state index in [-0.39, 0.29) is 6.04 Å². The number of hydrazine groups is 1. The lowest BCUT2D eigenvalue weighted by atomic mass is 9.75.